The van der Waals surface area contributed by atoms with Gasteiger partial charge in [-0.2, -0.15) is 0 Å². The molecule has 1 heterocycles. The van der Waals surface area contributed by atoms with Crippen LogP contribution in [0, 0.1) is 0 Å². The molecule has 0 aliphatic carbocycles. The van der Waals surface area contributed by atoms with Gasteiger partial charge in [-0.1, -0.05) is 16.7 Å². The van der Waals surface area contributed by atoms with Crippen LogP contribution in [0.25, 0.3) is 0 Å². The van der Waals surface area contributed by atoms with Crippen molar-refractivity contribution in [2.24, 2.45) is 0 Å². The summed E-state index contributed by atoms with van der Waals surface area (Å²) in [5.41, 5.74) is 1.34. The van der Waals surface area contributed by atoms with Gasteiger partial charge in [0.2, 0.25) is 35.4 Å². The van der Waals surface area contributed by atoms with E-state index in [1.807, 2.05) is 0 Å². The summed E-state index contributed by atoms with van der Waals surface area (Å²) >= 11 is 0. The Bertz CT molecular complexity index is 1790. The normalized spacial score (nSPS) is 19.9. The summed E-state index contributed by atoms with van der Waals surface area (Å²) in [6, 6.07) is -6.66. The molecule has 1 aliphatic rings. The van der Waals surface area contributed by atoms with Gasteiger partial charge in [-0.3, -0.25) is 58.8 Å². The number of nitrogens with zero attached hydrogens (tertiary/aromatic N) is 4. The number of carbonyl (C=O) groups excluding carboxylic acids is 9. The maximum Gasteiger partial charge on any atom is 0.269 e. The molecule has 67 heavy (non-hydrogen) atoms. The van der Waals surface area contributed by atoms with Crippen LogP contribution in [0.15, 0.2) is 34.9 Å². The third kappa shape index (κ3) is 22.9. The molecule has 0 spiro atoms. The largest absolute Gasteiger partial charge is 0.396 e. The van der Waals surface area contributed by atoms with Gasteiger partial charge in [0.15, 0.2) is 0 Å². The van der Waals surface area contributed by atoms with Gasteiger partial charge in [0.1, 0.15) is 24.2 Å². The summed E-state index contributed by atoms with van der Waals surface area (Å²) in [5, 5.41) is 90.9. The maximum atomic E-state index is 14.4. The second-order valence-corrected chi connectivity index (χ2v) is 15.6. The van der Waals surface area contributed by atoms with Gasteiger partial charge in [-0.15, -0.1) is 0 Å². The highest BCUT2D eigenvalue weighted by Crippen LogP contribution is 2.10. The molecule has 26 nitrogen and oxygen atoms in total. The Hall–Kier alpha value is -5.87. The third-order valence-corrected chi connectivity index (χ3v) is 9.90. The van der Waals surface area contributed by atoms with Gasteiger partial charge >= 0.3 is 0 Å². The molecule has 26 heteroatoms. The first-order valence-electron chi connectivity index (χ1n) is 21.5. The van der Waals surface area contributed by atoms with Crippen molar-refractivity contribution in [2.75, 3.05) is 72.3 Å². The van der Waals surface area contributed by atoms with E-state index in [-0.39, 0.29) is 77.7 Å². The van der Waals surface area contributed by atoms with Crippen LogP contribution >= 0.6 is 0 Å². The Morgan fingerprint density at radius 2 is 0.940 bits per heavy atom. The monoisotopic (exact) mass is 957 g/mol. The lowest BCUT2D eigenvalue weighted by Gasteiger charge is -2.30. The van der Waals surface area contributed by atoms with Crippen molar-refractivity contribution in [3.8, 4) is 0 Å². The van der Waals surface area contributed by atoms with Gasteiger partial charge in [0, 0.05) is 57.7 Å². The molecule has 0 saturated carbocycles. The van der Waals surface area contributed by atoms with Crippen molar-refractivity contribution in [2.45, 2.75) is 96.3 Å². The number of hydrogen-bond donors (Lipinski definition) is 13. The number of nitrogens with one attached hydrogen (secondary N) is 5. The van der Waals surface area contributed by atoms with E-state index in [2.05, 4.69) is 26.6 Å². The van der Waals surface area contributed by atoms with E-state index in [9.17, 15) is 69.0 Å². The molecule has 13 N–H and O–H groups in total. The molecular formula is C41H67N9O17. The van der Waals surface area contributed by atoms with E-state index in [1.165, 1.54) is 0 Å². The van der Waals surface area contributed by atoms with Crippen LogP contribution in [0.5, 0.6) is 0 Å². The lowest BCUT2D eigenvalue weighted by atomic mass is 10.1. The molecule has 1 rings (SSSR count). The molecule has 1 aliphatic heterocycles. The Morgan fingerprint density at radius 3 is 1.37 bits per heavy atom. The Balaban J connectivity index is 3.69. The Morgan fingerprint density at radius 1 is 0.552 bits per heavy atom. The van der Waals surface area contributed by atoms with Crippen molar-refractivity contribution in [1.82, 2.24) is 46.7 Å². The van der Waals surface area contributed by atoms with Crippen molar-refractivity contribution in [3.05, 3.63) is 34.9 Å². The topological polar surface area (TPSA) is 389 Å². The second-order valence-electron chi connectivity index (χ2n) is 15.6. The smallest absolute Gasteiger partial charge is 0.269 e. The molecule has 378 valence electrons. The first-order chi connectivity index (χ1) is 31.7. The minimum Gasteiger partial charge on any atom is -0.396 e. The minimum atomic E-state index is -1.78. The predicted molar refractivity (Wildman–Crippen MR) is 231 cm³/mol. The SMILES string of the molecule is CC(=CC(=O)N(O)CCCC1NC(=O)CN(CCCN(O)C(=O)C=C(C)CCO)C(=O)C(CCCN(O)C(=O)C=C(C)CCO)NC(=O)CNC(=O)C(CO)NC(=O)C(CO)NC1=O)CCO. The lowest BCUT2D eigenvalue weighted by molar-refractivity contribution is -0.160. The molecule has 0 radical (unpaired) electrons. The van der Waals surface area contributed by atoms with E-state index in [0.717, 1.165) is 23.1 Å². The maximum absolute atomic E-state index is 14.4. The first-order valence-corrected chi connectivity index (χ1v) is 21.5. The molecule has 1 saturated heterocycles. The summed E-state index contributed by atoms with van der Waals surface area (Å²) in [6.07, 6.45) is 2.48. The highest BCUT2D eigenvalue weighted by molar-refractivity contribution is 5.97. The highest BCUT2D eigenvalue weighted by atomic mass is 16.5. The summed E-state index contributed by atoms with van der Waals surface area (Å²) in [6.45, 7) is -1.49. The van der Waals surface area contributed by atoms with Crippen LogP contribution < -0.4 is 26.6 Å². The molecule has 0 aromatic heterocycles. The summed E-state index contributed by atoms with van der Waals surface area (Å²) < 4.78 is 0. The zero-order valence-electron chi connectivity index (χ0n) is 38.0. The Kier molecular flexibility index (Phi) is 28.2. The lowest BCUT2D eigenvalue weighted by Crippen LogP contribution is -2.60. The molecule has 0 aromatic rings. The molecule has 1 fully saturated rings. The zero-order chi connectivity index (χ0) is 50.6. The van der Waals surface area contributed by atoms with Crippen molar-refractivity contribution >= 4 is 53.2 Å². The number of aliphatic hydroxyl groups is 5. The van der Waals surface area contributed by atoms with E-state index in [4.69, 9.17) is 15.3 Å². The van der Waals surface area contributed by atoms with E-state index >= 15 is 0 Å². The van der Waals surface area contributed by atoms with E-state index in [1.54, 1.807) is 20.8 Å². The average Bonchev–Trinajstić information content (AvgIpc) is 3.27. The van der Waals surface area contributed by atoms with Crippen molar-refractivity contribution < 1.29 is 84.3 Å². The van der Waals surface area contributed by atoms with Gasteiger partial charge in [0.25, 0.3) is 17.7 Å². The highest BCUT2D eigenvalue weighted by Gasteiger charge is 2.33. The Labute approximate surface area is 387 Å². The number of carbonyl (C=O) groups is 9. The third-order valence-electron chi connectivity index (χ3n) is 9.90. The zero-order valence-corrected chi connectivity index (χ0v) is 38.0. The van der Waals surface area contributed by atoms with Crippen LogP contribution in [0.3, 0.4) is 0 Å². The number of hydroxylamine groups is 6. The number of amides is 9. The van der Waals surface area contributed by atoms with Crippen molar-refractivity contribution in [1.29, 1.82) is 0 Å². The van der Waals surface area contributed by atoms with Crippen LogP contribution in [0.4, 0.5) is 0 Å². The molecule has 4 atom stereocenters. The van der Waals surface area contributed by atoms with Crippen molar-refractivity contribution in [3.63, 3.8) is 0 Å². The van der Waals surface area contributed by atoms with Crippen LogP contribution in [-0.2, 0) is 43.2 Å². The quantitative estimate of drug-likeness (QED) is 0.0261. The van der Waals surface area contributed by atoms with Gasteiger partial charge in [0.05, 0.1) is 32.8 Å². The number of rotatable bonds is 23. The predicted octanol–water partition coefficient (Wildman–Crippen LogP) is -4.54. The van der Waals surface area contributed by atoms with Gasteiger partial charge in [-0.25, -0.2) is 15.2 Å². The van der Waals surface area contributed by atoms with E-state index < -0.39 is 123 Å². The molecular weight excluding hydrogens is 890 g/mol. The fraction of sp³-hybridized carbons (Fsp3) is 0.634. The fourth-order valence-corrected chi connectivity index (χ4v) is 6.13. The van der Waals surface area contributed by atoms with Gasteiger partial charge < -0.3 is 57.0 Å². The first kappa shape index (κ1) is 59.1. The minimum absolute atomic E-state index is 0.143. The van der Waals surface area contributed by atoms with Crippen LogP contribution in [0.1, 0.15) is 72.1 Å². The van der Waals surface area contributed by atoms with E-state index in [0.29, 0.717) is 31.9 Å². The second kappa shape index (κ2) is 31.9. The standard InChI is InChI=1S/C41H67N9O17/c1-26(9-16-51)19-35(58)48(65)13-4-7-29-39(62)46-32(25-55)40(63)45-31(24-54)38(61)42-22-33(56)44-30(8-5-14-49(66)36(59)20-27(2)10-17-52)41(64)47(23-34(57)43-29)12-6-15-50(67)37(60)21-28(3)11-18-53/h19-21,29-32,51-55,65-67H,4-18,22-25H2,1-3H3,(H,42,61)(H,43,57)(H,44,56)(H,45,63)(H,46,62). The van der Waals surface area contributed by atoms with Gasteiger partial charge in [-0.05, 0) is 72.1 Å². The molecule has 0 aromatic carbocycles. The molecule has 9 amide bonds. The van der Waals surface area contributed by atoms with Crippen LogP contribution in [-0.4, -0.2) is 211 Å². The van der Waals surface area contributed by atoms with Crippen LogP contribution in [0.2, 0.25) is 0 Å². The number of aliphatic hydroxyl groups excluding tert-OH is 5. The summed E-state index contributed by atoms with van der Waals surface area (Å²) in [4.78, 5) is 120. The fourth-order valence-electron chi connectivity index (χ4n) is 6.13. The molecule has 4 unspecified atom stereocenters. The summed E-state index contributed by atoms with van der Waals surface area (Å²) in [5.74, 6) is -8.90. The summed E-state index contributed by atoms with van der Waals surface area (Å²) in [7, 11) is 0. The molecule has 0 bridgehead atoms. The average molecular weight is 958 g/mol. The number of hydrogen-bond acceptors (Lipinski definition) is 17.